The van der Waals surface area contributed by atoms with E-state index in [1.54, 1.807) is 46.9 Å². The molecule has 9 heteroatoms. The predicted molar refractivity (Wildman–Crippen MR) is 148 cm³/mol. The molecule has 2 N–H and O–H groups in total. The highest BCUT2D eigenvalue weighted by molar-refractivity contribution is 6.00. The average Bonchev–Trinajstić information content (AvgIpc) is 3.24. The zero-order valence-electron chi connectivity index (χ0n) is 23.5. The first kappa shape index (κ1) is 30.0. The Kier molecular flexibility index (Phi) is 10.3. The molecular weight excluding hydrogens is 500 g/mol. The summed E-state index contributed by atoms with van der Waals surface area (Å²) in [7, 11) is 1.62. The minimum Gasteiger partial charge on any atom is -0.496 e. The van der Waals surface area contributed by atoms with Crippen LogP contribution in [0.15, 0.2) is 53.5 Å². The number of carbonyl (C=O) groups is 2. The number of amides is 1. The maximum atomic E-state index is 13.7. The molecule has 0 aromatic heterocycles. The van der Waals surface area contributed by atoms with Crippen molar-refractivity contribution < 1.29 is 33.6 Å². The van der Waals surface area contributed by atoms with Crippen LogP contribution in [0.25, 0.3) is 0 Å². The molecular formula is C30H40N2O7. The molecule has 2 atom stereocenters. The lowest BCUT2D eigenvalue weighted by Gasteiger charge is -2.28. The number of para-hydroxylation sites is 1. The van der Waals surface area contributed by atoms with Crippen LogP contribution in [0.1, 0.15) is 58.1 Å². The number of aliphatic imine (C=N–C) groups is 1. The van der Waals surface area contributed by atoms with Crippen molar-refractivity contribution in [3.05, 3.63) is 59.7 Å². The summed E-state index contributed by atoms with van der Waals surface area (Å²) < 4.78 is 22.6. The highest BCUT2D eigenvalue weighted by Gasteiger charge is 2.50. The number of nitrogens with one attached hydrogen (secondary N) is 1. The van der Waals surface area contributed by atoms with Crippen LogP contribution in [0, 0.1) is 0 Å². The Morgan fingerprint density at radius 2 is 1.85 bits per heavy atom. The van der Waals surface area contributed by atoms with Gasteiger partial charge >= 0.3 is 5.97 Å². The van der Waals surface area contributed by atoms with E-state index >= 15 is 0 Å². The van der Waals surface area contributed by atoms with Crippen LogP contribution in [-0.2, 0) is 25.5 Å². The van der Waals surface area contributed by atoms with Crippen LogP contribution in [-0.4, -0.2) is 67.0 Å². The van der Waals surface area contributed by atoms with Gasteiger partial charge in [-0.3, -0.25) is 9.59 Å². The van der Waals surface area contributed by atoms with Gasteiger partial charge in [0.05, 0.1) is 13.7 Å². The largest absolute Gasteiger partial charge is 0.496 e. The Bertz CT molecular complexity index is 1140. The molecule has 1 heterocycles. The first-order valence-electron chi connectivity index (χ1n) is 13.3. The van der Waals surface area contributed by atoms with Gasteiger partial charge in [-0.05, 0) is 76.4 Å². The van der Waals surface area contributed by atoms with Gasteiger partial charge in [0.15, 0.2) is 5.54 Å². The van der Waals surface area contributed by atoms with E-state index in [1.165, 1.54) is 0 Å². The Hall–Kier alpha value is -3.59. The Morgan fingerprint density at radius 3 is 2.51 bits per heavy atom. The van der Waals surface area contributed by atoms with Crippen LogP contribution in [0.4, 0.5) is 0 Å². The Balaban J connectivity index is 1.79. The molecule has 0 unspecified atom stereocenters. The molecule has 1 amide bonds. The van der Waals surface area contributed by atoms with Crippen LogP contribution < -0.4 is 14.8 Å². The van der Waals surface area contributed by atoms with Crippen LogP contribution in [0.2, 0.25) is 0 Å². The van der Waals surface area contributed by atoms with Crippen molar-refractivity contribution in [3.8, 4) is 11.5 Å². The third-order valence-corrected chi connectivity index (χ3v) is 6.33. The van der Waals surface area contributed by atoms with Gasteiger partial charge in [0.25, 0.3) is 5.91 Å². The van der Waals surface area contributed by atoms with Gasteiger partial charge in [0.1, 0.15) is 23.2 Å². The molecule has 0 bridgehead atoms. The number of benzene rings is 2. The van der Waals surface area contributed by atoms with E-state index in [-0.39, 0.29) is 25.4 Å². The average molecular weight is 541 g/mol. The summed E-state index contributed by atoms with van der Waals surface area (Å²) in [4.78, 5) is 31.0. The van der Waals surface area contributed by atoms with E-state index < -0.39 is 23.2 Å². The summed E-state index contributed by atoms with van der Waals surface area (Å²) in [5, 5.41) is 11.9. The van der Waals surface area contributed by atoms with Gasteiger partial charge in [-0.25, -0.2) is 4.99 Å². The minimum absolute atomic E-state index is 0.0132. The maximum absolute atomic E-state index is 13.7. The molecule has 1 aliphatic heterocycles. The monoisotopic (exact) mass is 540 g/mol. The number of aliphatic hydroxyl groups is 1. The molecule has 0 spiro atoms. The van der Waals surface area contributed by atoms with Gasteiger partial charge in [0.2, 0.25) is 5.90 Å². The molecule has 0 fully saturated rings. The summed E-state index contributed by atoms with van der Waals surface area (Å²) in [6.07, 6.45) is 0.652. The van der Waals surface area contributed by atoms with Gasteiger partial charge in [0, 0.05) is 31.6 Å². The molecule has 212 valence electrons. The van der Waals surface area contributed by atoms with Crippen molar-refractivity contribution >= 4 is 17.8 Å². The molecule has 0 radical (unpaired) electrons. The number of esters is 1. The summed E-state index contributed by atoms with van der Waals surface area (Å²) in [5.74, 6) is 1.03. The van der Waals surface area contributed by atoms with Crippen LogP contribution in [0.3, 0.4) is 0 Å². The van der Waals surface area contributed by atoms with E-state index in [0.29, 0.717) is 43.2 Å². The molecule has 1 aliphatic rings. The van der Waals surface area contributed by atoms with Gasteiger partial charge in [-0.15, -0.1) is 0 Å². The standard InChI is InChI=1S/C30H40N2O7/c1-21-30(17-15-26(34)39-29(2,3)4,28(35)31-18-16-22-9-6-7-10-25(22)36-5)32-27(38-21)23-11-13-24(14-12-23)37-20-8-19-33/h6-7,9-14,21,33H,8,15-20H2,1-5H3,(H,31,35)/t21-,30-/m1/s1. The molecule has 2 aromatic rings. The second-order valence-corrected chi connectivity index (χ2v) is 10.5. The van der Waals surface area contributed by atoms with E-state index in [9.17, 15) is 9.59 Å². The second kappa shape index (κ2) is 13.5. The first-order chi connectivity index (χ1) is 18.6. The SMILES string of the molecule is COc1ccccc1CCNC(=O)[C@]1(CCC(=O)OC(C)(C)C)N=C(c2ccc(OCCCO)cc2)O[C@@H]1C. The van der Waals surface area contributed by atoms with Gasteiger partial charge in [-0.2, -0.15) is 0 Å². The fourth-order valence-electron chi connectivity index (χ4n) is 4.31. The zero-order chi connectivity index (χ0) is 28.5. The third-order valence-electron chi connectivity index (χ3n) is 6.33. The third kappa shape index (κ3) is 8.20. The molecule has 0 aliphatic carbocycles. The van der Waals surface area contributed by atoms with Crippen molar-refractivity contribution in [1.82, 2.24) is 5.32 Å². The number of ether oxygens (including phenoxy) is 4. The predicted octanol–water partition coefficient (Wildman–Crippen LogP) is 3.84. The van der Waals surface area contributed by atoms with E-state index in [2.05, 4.69) is 5.32 Å². The molecule has 0 saturated heterocycles. The molecule has 0 saturated carbocycles. The smallest absolute Gasteiger partial charge is 0.306 e. The summed E-state index contributed by atoms with van der Waals surface area (Å²) >= 11 is 0. The van der Waals surface area contributed by atoms with Gasteiger partial charge < -0.3 is 29.4 Å². The van der Waals surface area contributed by atoms with E-state index in [4.69, 9.17) is 29.0 Å². The summed E-state index contributed by atoms with van der Waals surface area (Å²) in [5.41, 5.74) is -0.265. The quantitative estimate of drug-likeness (QED) is 0.293. The maximum Gasteiger partial charge on any atom is 0.306 e. The molecule has 2 aromatic carbocycles. The van der Waals surface area contributed by atoms with E-state index in [0.717, 1.165) is 11.3 Å². The van der Waals surface area contributed by atoms with Crippen molar-refractivity contribution in [2.24, 2.45) is 4.99 Å². The zero-order valence-corrected chi connectivity index (χ0v) is 23.5. The lowest BCUT2D eigenvalue weighted by molar-refractivity contribution is -0.155. The second-order valence-electron chi connectivity index (χ2n) is 10.5. The van der Waals surface area contributed by atoms with Crippen molar-refractivity contribution in [1.29, 1.82) is 0 Å². The fraction of sp³-hybridized carbons (Fsp3) is 0.500. The number of methoxy groups -OCH3 is 1. The van der Waals surface area contributed by atoms with Crippen LogP contribution in [0.5, 0.6) is 11.5 Å². The molecule has 39 heavy (non-hydrogen) atoms. The number of rotatable bonds is 13. The number of hydrogen-bond donors (Lipinski definition) is 2. The molecule has 3 rings (SSSR count). The first-order valence-corrected chi connectivity index (χ1v) is 13.3. The molecule has 9 nitrogen and oxygen atoms in total. The van der Waals surface area contributed by atoms with Crippen molar-refractivity contribution in [2.75, 3.05) is 26.9 Å². The minimum atomic E-state index is -1.30. The lowest BCUT2D eigenvalue weighted by Crippen LogP contribution is -2.51. The van der Waals surface area contributed by atoms with Gasteiger partial charge in [-0.1, -0.05) is 18.2 Å². The Morgan fingerprint density at radius 1 is 1.13 bits per heavy atom. The Labute approximate surface area is 230 Å². The van der Waals surface area contributed by atoms with Crippen LogP contribution >= 0.6 is 0 Å². The van der Waals surface area contributed by atoms with Crippen molar-refractivity contribution in [3.63, 3.8) is 0 Å². The number of hydrogen-bond acceptors (Lipinski definition) is 8. The number of carbonyl (C=O) groups excluding carboxylic acids is 2. The summed E-state index contributed by atoms with van der Waals surface area (Å²) in [6, 6.07) is 14.9. The lowest BCUT2D eigenvalue weighted by atomic mass is 9.87. The number of aliphatic hydroxyl groups excluding tert-OH is 1. The fourth-order valence-corrected chi connectivity index (χ4v) is 4.31. The number of nitrogens with zero attached hydrogens (tertiary/aromatic N) is 1. The highest BCUT2D eigenvalue weighted by Crippen LogP contribution is 2.34. The van der Waals surface area contributed by atoms with E-state index in [1.807, 2.05) is 36.4 Å². The highest BCUT2D eigenvalue weighted by atomic mass is 16.6. The van der Waals surface area contributed by atoms with Crippen molar-refractivity contribution in [2.45, 2.75) is 70.6 Å². The summed E-state index contributed by atoms with van der Waals surface area (Å²) in [6.45, 7) is 8.04. The normalized spacial score (nSPS) is 18.6. The topological polar surface area (TPSA) is 116 Å².